The predicted octanol–water partition coefficient (Wildman–Crippen LogP) is 4.79. The highest BCUT2D eigenvalue weighted by molar-refractivity contribution is 7.89. The highest BCUT2D eigenvalue weighted by Crippen LogP contribution is 2.53. The molecule has 8 nitrogen and oxygen atoms in total. The molecule has 0 saturated carbocycles. The Balaban J connectivity index is 1.92. The minimum absolute atomic E-state index is 0.0807. The third kappa shape index (κ3) is 4.96. The molecular weight excluding hydrogens is 561 g/mol. The van der Waals surface area contributed by atoms with Gasteiger partial charge in [-0.15, -0.1) is 0 Å². The van der Waals surface area contributed by atoms with Crippen LogP contribution in [0.1, 0.15) is 44.0 Å². The summed E-state index contributed by atoms with van der Waals surface area (Å²) < 4.78 is 78.0. The third-order valence-corrected chi connectivity index (χ3v) is 8.21. The molecule has 39 heavy (non-hydrogen) atoms. The molecule has 2 aliphatic rings. The Morgan fingerprint density at radius 1 is 1.05 bits per heavy atom. The van der Waals surface area contributed by atoms with E-state index >= 15 is 13.2 Å². The van der Waals surface area contributed by atoms with Crippen LogP contribution >= 0.6 is 11.6 Å². The van der Waals surface area contributed by atoms with Gasteiger partial charge in [0.15, 0.2) is 5.78 Å². The van der Waals surface area contributed by atoms with Crippen LogP contribution in [0.4, 0.5) is 18.9 Å². The molecule has 2 aromatic carbocycles. The zero-order valence-corrected chi connectivity index (χ0v) is 22.6. The highest BCUT2D eigenvalue weighted by atomic mass is 35.5. The Hall–Kier alpha value is -3.22. The van der Waals surface area contributed by atoms with Gasteiger partial charge in [0.05, 0.1) is 22.6 Å². The number of alkyl halides is 3. The molecule has 1 amide bonds. The first kappa shape index (κ1) is 28.8. The first-order chi connectivity index (χ1) is 18.0. The van der Waals surface area contributed by atoms with E-state index in [-0.39, 0.29) is 41.4 Å². The van der Waals surface area contributed by atoms with Gasteiger partial charge >= 0.3 is 12.1 Å². The molecule has 1 heterocycles. The summed E-state index contributed by atoms with van der Waals surface area (Å²) in [6.45, 7) is 5.02. The summed E-state index contributed by atoms with van der Waals surface area (Å²) >= 11 is 5.79. The Morgan fingerprint density at radius 2 is 1.64 bits per heavy atom. The van der Waals surface area contributed by atoms with E-state index in [0.717, 1.165) is 12.1 Å². The van der Waals surface area contributed by atoms with E-state index < -0.39 is 55.3 Å². The fraction of sp³-hybridized carbons (Fsp3) is 0.346. The maximum Gasteiger partial charge on any atom is 0.421 e. The van der Waals surface area contributed by atoms with Crippen LogP contribution in [-0.2, 0) is 24.3 Å². The van der Waals surface area contributed by atoms with Crippen molar-refractivity contribution in [2.24, 2.45) is 5.41 Å². The molecule has 0 saturated heterocycles. The number of sulfonamides is 1. The minimum atomic E-state index is -5.54. The van der Waals surface area contributed by atoms with Crippen LogP contribution in [0, 0.1) is 5.41 Å². The van der Waals surface area contributed by atoms with Crippen LogP contribution in [-0.4, -0.2) is 44.4 Å². The van der Waals surface area contributed by atoms with Crippen molar-refractivity contribution in [2.45, 2.75) is 50.2 Å². The number of ketones is 1. The fourth-order valence-electron chi connectivity index (χ4n) is 4.83. The van der Waals surface area contributed by atoms with E-state index in [4.69, 9.17) is 16.3 Å². The first-order valence-corrected chi connectivity index (χ1v) is 13.6. The van der Waals surface area contributed by atoms with Crippen LogP contribution in [0.5, 0.6) is 0 Å². The number of hydrogen-bond donors (Lipinski definition) is 1. The Labute approximate surface area is 227 Å². The SMILES string of the molecule is CCOC(=O)c1ccc(N2C(=O)C(NS(=O)(=O)c3ccc(Cl)cc3)(C(F)(F)F)C3=C2CC(C)(C)CC3=O)cc1. The average molecular weight is 585 g/mol. The minimum Gasteiger partial charge on any atom is -0.462 e. The second kappa shape index (κ2) is 9.76. The molecule has 0 fully saturated rings. The van der Waals surface area contributed by atoms with Gasteiger partial charge in [0.25, 0.3) is 5.91 Å². The van der Waals surface area contributed by atoms with Crippen molar-refractivity contribution in [3.63, 3.8) is 0 Å². The molecule has 1 atom stereocenters. The van der Waals surface area contributed by atoms with E-state index in [9.17, 15) is 22.8 Å². The molecule has 2 aromatic rings. The zero-order chi connectivity index (χ0) is 29.0. The number of benzene rings is 2. The fourth-order valence-corrected chi connectivity index (χ4v) is 6.27. The second-order valence-corrected chi connectivity index (χ2v) is 12.1. The van der Waals surface area contributed by atoms with Crippen molar-refractivity contribution in [1.29, 1.82) is 0 Å². The van der Waals surface area contributed by atoms with Gasteiger partial charge in [0.1, 0.15) is 0 Å². The number of anilines is 1. The van der Waals surface area contributed by atoms with Gasteiger partial charge in [-0.05, 0) is 67.3 Å². The van der Waals surface area contributed by atoms with E-state index in [1.165, 1.54) is 36.4 Å². The lowest BCUT2D eigenvalue weighted by Crippen LogP contribution is -2.66. The van der Waals surface area contributed by atoms with Crippen LogP contribution < -0.4 is 9.62 Å². The number of nitrogens with one attached hydrogen (secondary N) is 1. The van der Waals surface area contributed by atoms with Gasteiger partial charge in [-0.2, -0.15) is 17.9 Å². The molecule has 1 N–H and O–H groups in total. The monoisotopic (exact) mass is 584 g/mol. The smallest absolute Gasteiger partial charge is 0.421 e. The van der Waals surface area contributed by atoms with Gasteiger partial charge in [-0.1, -0.05) is 25.4 Å². The summed E-state index contributed by atoms with van der Waals surface area (Å²) in [7, 11) is -4.99. The number of ether oxygens (including phenoxy) is 1. The summed E-state index contributed by atoms with van der Waals surface area (Å²) in [6.07, 6.45) is -6.00. The number of esters is 1. The topological polar surface area (TPSA) is 110 Å². The summed E-state index contributed by atoms with van der Waals surface area (Å²) in [5.74, 6) is -3.38. The normalized spacial score (nSPS) is 21.3. The lowest BCUT2D eigenvalue weighted by atomic mass is 9.72. The molecular formula is C26H24ClF3N2O6S. The van der Waals surface area contributed by atoms with Gasteiger partial charge in [-0.3, -0.25) is 14.5 Å². The van der Waals surface area contributed by atoms with Gasteiger partial charge < -0.3 is 4.74 Å². The molecule has 0 aromatic heterocycles. The van der Waals surface area contributed by atoms with E-state index in [0.29, 0.717) is 4.90 Å². The Kier molecular flexibility index (Phi) is 7.20. The zero-order valence-electron chi connectivity index (χ0n) is 21.1. The maximum atomic E-state index is 15.0. The second-order valence-electron chi connectivity index (χ2n) is 9.98. The average Bonchev–Trinajstić information content (AvgIpc) is 3.06. The maximum absolute atomic E-state index is 15.0. The molecule has 1 aliphatic heterocycles. The van der Waals surface area contributed by atoms with E-state index in [2.05, 4.69) is 0 Å². The van der Waals surface area contributed by atoms with Crippen molar-refractivity contribution >= 4 is 45.0 Å². The number of carbonyl (C=O) groups is 3. The molecule has 1 aliphatic carbocycles. The molecule has 1 unspecified atom stereocenters. The van der Waals surface area contributed by atoms with Crippen LogP contribution in [0.25, 0.3) is 0 Å². The number of rotatable bonds is 6. The number of halogens is 4. The summed E-state index contributed by atoms with van der Waals surface area (Å²) in [5.41, 5.74) is -5.92. The molecule has 0 spiro atoms. The van der Waals surface area contributed by atoms with E-state index in [1.807, 2.05) is 0 Å². The quantitative estimate of drug-likeness (QED) is 0.489. The first-order valence-electron chi connectivity index (χ1n) is 11.8. The van der Waals surface area contributed by atoms with Crippen molar-refractivity contribution < 1.29 is 40.7 Å². The molecule has 13 heteroatoms. The van der Waals surface area contributed by atoms with Crippen LogP contribution in [0.15, 0.2) is 64.7 Å². The van der Waals surface area contributed by atoms with Crippen molar-refractivity contribution in [2.75, 3.05) is 11.5 Å². The lowest BCUT2D eigenvalue weighted by Gasteiger charge is -2.35. The number of Topliss-reactive ketones (excluding diaryl/α,β-unsaturated/α-hetero) is 1. The Bertz CT molecular complexity index is 1490. The third-order valence-electron chi connectivity index (χ3n) is 6.49. The number of nitrogens with zero attached hydrogens (tertiary/aromatic N) is 1. The highest BCUT2D eigenvalue weighted by Gasteiger charge is 2.72. The largest absolute Gasteiger partial charge is 0.462 e. The van der Waals surface area contributed by atoms with Crippen molar-refractivity contribution in [3.05, 3.63) is 70.4 Å². The molecule has 208 valence electrons. The predicted molar refractivity (Wildman–Crippen MR) is 135 cm³/mol. The van der Waals surface area contributed by atoms with Crippen molar-refractivity contribution in [3.8, 4) is 0 Å². The summed E-state index contributed by atoms with van der Waals surface area (Å²) in [6, 6.07) is 9.32. The van der Waals surface area contributed by atoms with Gasteiger partial charge in [0.2, 0.25) is 15.6 Å². The number of amides is 1. The number of hydrogen-bond acceptors (Lipinski definition) is 6. The Morgan fingerprint density at radius 3 is 2.18 bits per heavy atom. The molecule has 4 rings (SSSR count). The molecule has 0 bridgehead atoms. The van der Waals surface area contributed by atoms with Crippen LogP contribution in [0.2, 0.25) is 5.02 Å². The van der Waals surface area contributed by atoms with E-state index in [1.54, 1.807) is 25.5 Å². The van der Waals surface area contributed by atoms with Crippen molar-refractivity contribution in [1.82, 2.24) is 4.72 Å². The number of carbonyl (C=O) groups excluding carboxylic acids is 3. The van der Waals surface area contributed by atoms with Gasteiger partial charge in [0, 0.05) is 22.8 Å². The number of allylic oxidation sites excluding steroid dienone is 1. The van der Waals surface area contributed by atoms with Gasteiger partial charge in [-0.25, -0.2) is 13.2 Å². The summed E-state index contributed by atoms with van der Waals surface area (Å²) in [5, 5.41) is 0.142. The van der Waals surface area contributed by atoms with Crippen LogP contribution in [0.3, 0.4) is 0 Å². The molecule has 0 radical (unpaired) electrons. The summed E-state index contributed by atoms with van der Waals surface area (Å²) in [4.78, 5) is 39.3. The lowest BCUT2D eigenvalue weighted by molar-refractivity contribution is -0.184. The standard InChI is InChI=1S/C26H24ClF3N2O6S/c1-4-38-22(34)15-5-9-17(10-6-15)32-19-13-24(2,3)14-20(33)21(19)25(23(32)35,26(28,29)30)31-39(36,37)18-11-7-16(27)8-12-18/h5-12,31H,4,13-14H2,1-3H3.